The monoisotopic (exact) mass is 585 g/mol. The Morgan fingerprint density at radius 3 is 2.02 bits per heavy atom. The van der Waals surface area contributed by atoms with Crippen molar-refractivity contribution in [2.45, 2.75) is 24.1 Å². The van der Waals surface area contributed by atoms with Crippen molar-refractivity contribution < 1.29 is 44.7 Å². The molecule has 40 heavy (non-hydrogen) atoms. The van der Waals surface area contributed by atoms with Crippen molar-refractivity contribution in [3.63, 3.8) is 0 Å². The van der Waals surface area contributed by atoms with Crippen LogP contribution < -0.4 is 5.32 Å². The first-order valence-corrected chi connectivity index (χ1v) is 13.1. The molecule has 0 amide bonds. The third-order valence-corrected chi connectivity index (χ3v) is 6.26. The second kappa shape index (κ2) is 11.6. The summed E-state index contributed by atoms with van der Waals surface area (Å²) >= 11 is 0. The van der Waals surface area contributed by atoms with Gasteiger partial charge in [-0.1, -0.05) is 42.5 Å². The summed E-state index contributed by atoms with van der Waals surface area (Å²) in [7, 11) is -2.21. The number of nitrogens with one attached hydrogen (secondary N) is 1. The lowest BCUT2D eigenvalue weighted by Gasteiger charge is -2.13. The Morgan fingerprint density at radius 2 is 1.50 bits per heavy atom. The van der Waals surface area contributed by atoms with Gasteiger partial charge in [0.05, 0.1) is 16.8 Å². The van der Waals surface area contributed by atoms with Gasteiger partial charge in [-0.15, -0.1) is 0 Å². The van der Waals surface area contributed by atoms with E-state index in [1.54, 1.807) is 12.1 Å². The summed E-state index contributed by atoms with van der Waals surface area (Å²) in [6.45, 7) is -0.0625. The molecule has 0 aliphatic carbocycles. The molecule has 0 fully saturated rings. The number of hydrogen-bond donors (Lipinski definition) is 2. The molecular formula is C26H21F6N3O4S. The number of halogens is 6. The molecular weight excluding hydrogens is 564 g/mol. The van der Waals surface area contributed by atoms with Crippen LogP contribution in [0.15, 0.2) is 72.0 Å². The number of alkyl halides is 6. The molecule has 1 aromatic heterocycles. The van der Waals surface area contributed by atoms with E-state index in [9.17, 15) is 44.7 Å². The van der Waals surface area contributed by atoms with E-state index in [4.69, 9.17) is 0 Å². The fraction of sp³-hybridized carbons (Fsp3) is 0.192. The van der Waals surface area contributed by atoms with Gasteiger partial charge in [-0.05, 0) is 41.6 Å². The highest BCUT2D eigenvalue weighted by molar-refractivity contribution is 7.90. The molecule has 1 heterocycles. The number of carboxylic acid groups (broad SMARTS) is 1. The maximum Gasteiger partial charge on any atom is 0.416 e. The third-order valence-electron chi connectivity index (χ3n) is 5.40. The van der Waals surface area contributed by atoms with Gasteiger partial charge in [0.2, 0.25) is 15.0 Å². The van der Waals surface area contributed by atoms with Crippen LogP contribution in [0.2, 0.25) is 0 Å². The average molecular weight is 586 g/mol. The topological polar surface area (TPSA) is 109 Å². The van der Waals surface area contributed by atoms with Gasteiger partial charge in [0.25, 0.3) is 0 Å². The number of rotatable bonds is 5. The van der Waals surface area contributed by atoms with Crippen molar-refractivity contribution in [1.29, 1.82) is 0 Å². The first kappa shape index (κ1) is 30.5. The minimum Gasteiger partial charge on any atom is -0.478 e. The number of carbonyl (C=O) groups is 1. The molecule has 0 saturated carbocycles. The number of benzene rings is 3. The van der Waals surface area contributed by atoms with E-state index in [0.717, 1.165) is 23.2 Å². The lowest BCUT2D eigenvalue weighted by molar-refractivity contribution is -0.143. The molecule has 7 nitrogen and oxygen atoms in total. The van der Waals surface area contributed by atoms with Crippen molar-refractivity contribution >= 4 is 26.6 Å². The molecule has 0 radical (unpaired) electrons. The zero-order valence-electron chi connectivity index (χ0n) is 20.8. The quantitative estimate of drug-likeness (QED) is 0.224. The van der Waals surface area contributed by atoms with Gasteiger partial charge < -0.3 is 10.4 Å². The van der Waals surface area contributed by atoms with Gasteiger partial charge >= 0.3 is 18.3 Å². The van der Waals surface area contributed by atoms with Crippen molar-refractivity contribution in [1.82, 2.24) is 15.3 Å². The molecule has 212 valence electrons. The number of carboxylic acids is 1. The van der Waals surface area contributed by atoms with Gasteiger partial charge in [0.1, 0.15) is 5.56 Å². The van der Waals surface area contributed by atoms with Crippen LogP contribution in [-0.4, -0.2) is 42.8 Å². The highest BCUT2D eigenvalue weighted by atomic mass is 32.2. The van der Waals surface area contributed by atoms with Crippen LogP contribution in [-0.2, 0) is 28.7 Å². The second-order valence-corrected chi connectivity index (χ2v) is 10.4. The van der Waals surface area contributed by atoms with Gasteiger partial charge in [-0.3, -0.25) is 0 Å². The summed E-state index contributed by atoms with van der Waals surface area (Å²) in [5.74, 6) is -1.21. The molecule has 0 spiro atoms. The molecule has 0 aliphatic heterocycles. The summed E-state index contributed by atoms with van der Waals surface area (Å²) in [4.78, 5) is 19.1. The normalized spacial score (nSPS) is 12.1. The van der Waals surface area contributed by atoms with Crippen LogP contribution >= 0.6 is 0 Å². The van der Waals surface area contributed by atoms with E-state index in [1.165, 1.54) is 7.05 Å². The average Bonchev–Trinajstić information content (AvgIpc) is 2.87. The highest BCUT2D eigenvalue weighted by Gasteiger charge is 2.36. The zero-order chi connectivity index (χ0) is 29.9. The van der Waals surface area contributed by atoms with Crippen LogP contribution in [0.25, 0.3) is 22.0 Å². The van der Waals surface area contributed by atoms with E-state index in [-0.39, 0.29) is 29.4 Å². The number of fused-ring (bicyclic) bond motifs is 1. The van der Waals surface area contributed by atoms with E-state index in [0.29, 0.717) is 17.7 Å². The Bertz CT molecular complexity index is 1620. The Kier molecular flexibility index (Phi) is 8.84. The first-order valence-electron chi connectivity index (χ1n) is 11.2. The lowest BCUT2D eigenvalue weighted by Crippen LogP contribution is -2.14. The lowest BCUT2D eigenvalue weighted by atomic mass is 9.99. The summed E-state index contributed by atoms with van der Waals surface area (Å²) < 4.78 is 97.7. The number of sulfone groups is 1. The van der Waals surface area contributed by atoms with E-state index in [2.05, 4.69) is 15.3 Å². The maximum atomic E-state index is 12.4. The standard InChI is InChI=1S/C16H12N2O4S.C10H9F6N/c1-23(21,22)16-17-9-13(15(19)20)14(18-16)12-8-4-6-10-5-2-3-7-11(10)12;1-17-5-6-2-7(9(11,12)13)4-8(3-6)10(14,15)16/h2-9H,1H3,(H,19,20);2-4,17H,5H2,1H3. The molecule has 0 aliphatic rings. The number of aromatic carboxylic acids is 1. The second-order valence-electron chi connectivity index (χ2n) is 8.46. The molecule has 0 atom stereocenters. The third kappa shape index (κ3) is 7.33. The first-order chi connectivity index (χ1) is 18.5. The summed E-state index contributed by atoms with van der Waals surface area (Å²) in [6, 6.07) is 14.3. The van der Waals surface area contributed by atoms with Crippen LogP contribution in [0.3, 0.4) is 0 Å². The Morgan fingerprint density at radius 1 is 0.925 bits per heavy atom. The smallest absolute Gasteiger partial charge is 0.416 e. The molecule has 0 unspecified atom stereocenters. The molecule has 2 N–H and O–H groups in total. The van der Waals surface area contributed by atoms with Crippen LogP contribution in [0, 0.1) is 0 Å². The molecule has 4 aromatic rings. The zero-order valence-corrected chi connectivity index (χ0v) is 21.6. The Balaban J connectivity index is 0.000000232. The van der Waals surface area contributed by atoms with E-state index in [1.807, 2.05) is 30.3 Å². The Hall–Kier alpha value is -4.04. The largest absolute Gasteiger partial charge is 0.478 e. The molecule has 3 aromatic carbocycles. The fourth-order valence-corrected chi connectivity index (χ4v) is 4.16. The van der Waals surface area contributed by atoms with Gasteiger partial charge in [-0.25, -0.2) is 23.2 Å². The summed E-state index contributed by atoms with van der Waals surface area (Å²) in [5, 5.41) is 13.2. The predicted molar refractivity (Wildman–Crippen MR) is 134 cm³/mol. The van der Waals surface area contributed by atoms with Crippen molar-refractivity contribution in [2.75, 3.05) is 13.3 Å². The number of aromatic nitrogens is 2. The van der Waals surface area contributed by atoms with Crippen LogP contribution in [0.4, 0.5) is 26.3 Å². The highest BCUT2D eigenvalue weighted by Crippen LogP contribution is 2.36. The summed E-state index contributed by atoms with van der Waals surface area (Å²) in [6.07, 6.45) is -7.56. The predicted octanol–water partition coefficient (Wildman–Crippen LogP) is 5.84. The van der Waals surface area contributed by atoms with Gasteiger partial charge in [0.15, 0.2) is 0 Å². The minimum absolute atomic E-state index is 0.0605. The van der Waals surface area contributed by atoms with Crippen molar-refractivity contribution in [2.24, 2.45) is 0 Å². The van der Waals surface area contributed by atoms with Crippen molar-refractivity contribution in [3.8, 4) is 11.3 Å². The number of hydrogen-bond acceptors (Lipinski definition) is 6. The van der Waals surface area contributed by atoms with E-state index >= 15 is 0 Å². The molecule has 14 heteroatoms. The Labute approximate surface area is 224 Å². The minimum atomic E-state index is -4.79. The van der Waals surface area contributed by atoms with Gasteiger partial charge in [0, 0.05) is 24.6 Å². The summed E-state index contributed by atoms with van der Waals surface area (Å²) in [5.41, 5.74) is -2.16. The maximum absolute atomic E-state index is 12.4. The molecule has 4 rings (SSSR count). The molecule has 0 bridgehead atoms. The molecule has 0 saturated heterocycles. The van der Waals surface area contributed by atoms with Gasteiger partial charge in [-0.2, -0.15) is 26.3 Å². The van der Waals surface area contributed by atoms with E-state index < -0.39 is 44.4 Å². The fourth-order valence-electron chi connectivity index (χ4n) is 3.66. The van der Waals surface area contributed by atoms with Crippen LogP contribution in [0.5, 0.6) is 0 Å². The number of nitrogens with zero attached hydrogens (tertiary/aromatic N) is 2. The van der Waals surface area contributed by atoms with Crippen LogP contribution in [0.1, 0.15) is 27.0 Å². The SMILES string of the molecule is CNCc1cc(C(F)(F)F)cc(C(F)(F)F)c1.CS(=O)(=O)c1ncc(C(=O)O)c(-c2cccc3ccccc23)n1. The van der Waals surface area contributed by atoms with Crippen molar-refractivity contribution in [3.05, 3.63) is 89.1 Å².